The molecule has 4 nitrogen and oxygen atoms in total. The van der Waals surface area contributed by atoms with Gasteiger partial charge in [0, 0.05) is 19.1 Å². The fraction of sp³-hybridized carbons (Fsp3) is 0.538. The lowest BCUT2D eigenvalue weighted by atomic mass is 10.1. The average molecular weight is 268 g/mol. The molecule has 1 heterocycles. The van der Waals surface area contributed by atoms with Crippen molar-refractivity contribution < 1.29 is 8.42 Å². The smallest absolute Gasteiger partial charge is 0.240 e. The van der Waals surface area contributed by atoms with Gasteiger partial charge >= 0.3 is 0 Å². The Bertz CT molecular complexity index is 487. The van der Waals surface area contributed by atoms with Gasteiger partial charge in [0.25, 0.3) is 0 Å². The van der Waals surface area contributed by atoms with Crippen LogP contribution in [0.1, 0.15) is 13.8 Å². The third kappa shape index (κ3) is 2.91. The van der Waals surface area contributed by atoms with Crippen molar-refractivity contribution in [1.82, 2.24) is 9.62 Å². The van der Waals surface area contributed by atoms with Crippen molar-refractivity contribution in [2.24, 2.45) is 5.92 Å². The number of rotatable bonds is 4. The molecule has 2 unspecified atom stereocenters. The standard InChI is InChI=1S/C13H20N2O2S/c1-3-15-9-11(2)13(10-15)14-18(16,17)12-7-5-4-6-8-12/h4-8,11,13-14H,3,9-10H2,1-2H3. The van der Waals surface area contributed by atoms with Gasteiger partial charge in [0.05, 0.1) is 4.90 Å². The summed E-state index contributed by atoms with van der Waals surface area (Å²) in [4.78, 5) is 2.61. The Morgan fingerprint density at radius 2 is 1.94 bits per heavy atom. The van der Waals surface area contributed by atoms with E-state index in [4.69, 9.17) is 0 Å². The molecule has 18 heavy (non-hydrogen) atoms. The second-order valence-corrected chi connectivity index (χ2v) is 6.58. The van der Waals surface area contributed by atoms with E-state index >= 15 is 0 Å². The number of hydrogen-bond acceptors (Lipinski definition) is 3. The molecular weight excluding hydrogens is 248 g/mol. The maximum atomic E-state index is 12.2. The second-order valence-electron chi connectivity index (χ2n) is 4.87. The van der Waals surface area contributed by atoms with E-state index in [0.717, 1.165) is 19.6 Å². The van der Waals surface area contributed by atoms with E-state index in [1.54, 1.807) is 24.3 Å². The van der Waals surface area contributed by atoms with Gasteiger partial charge in [-0.25, -0.2) is 13.1 Å². The highest BCUT2D eigenvalue weighted by Gasteiger charge is 2.32. The molecule has 0 saturated carbocycles. The van der Waals surface area contributed by atoms with E-state index < -0.39 is 10.0 Å². The molecular formula is C13H20N2O2S. The van der Waals surface area contributed by atoms with Crippen LogP contribution in [-0.4, -0.2) is 39.0 Å². The van der Waals surface area contributed by atoms with Crippen LogP contribution in [-0.2, 0) is 10.0 Å². The number of likely N-dealkylation sites (N-methyl/N-ethyl adjacent to an activating group) is 1. The van der Waals surface area contributed by atoms with Crippen LogP contribution in [0.25, 0.3) is 0 Å². The van der Waals surface area contributed by atoms with Crippen LogP contribution >= 0.6 is 0 Å². The Morgan fingerprint density at radius 1 is 1.28 bits per heavy atom. The minimum atomic E-state index is -3.38. The first-order valence-corrected chi connectivity index (χ1v) is 7.81. The van der Waals surface area contributed by atoms with Crippen molar-refractivity contribution >= 4 is 10.0 Å². The number of benzene rings is 1. The van der Waals surface area contributed by atoms with Crippen LogP contribution in [0.15, 0.2) is 35.2 Å². The van der Waals surface area contributed by atoms with Crippen LogP contribution < -0.4 is 4.72 Å². The number of hydrogen-bond donors (Lipinski definition) is 1. The molecule has 0 spiro atoms. The number of likely N-dealkylation sites (tertiary alicyclic amines) is 1. The predicted molar refractivity (Wildman–Crippen MR) is 71.8 cm³/mol. The van der Waals surface area contributed by atoms with Crippen LogP contribution in [0.2, 0.25) is 0 Å². The van der Waals surface area contributed by atoms with Crippen molar-refractivity contribution in [3.63, 3.8) is 0 Å². The number of nitrogens with one attached hydrogen (secondary N) is 1. The van der Waals surface area contributed by atoms with E-state index in [0.29, 0.717) is 10.8 Å². The molecule has 0 aromatic heterocycles. The highest BCUT2D eigenvalue weighted by Crippen LogP contribution is 2.18. The fourth-order valence-electron chi connectivity index (χ4n) is 2.35. The minimum absolute atomic E-state index is 0.00940. The highest BCUT2D eigenvalue weighted by molar-refractivity contribution is 7.89. The molecule has 1 saturated heterocycles. The molecule has 1 aromatic rings. The summed E-state index contributed by atoms with van der Waals surface area (Å²) in [6.07, 6.45) is 0. The molecule has 1 aliphatic rings. The number of nitrogens with zero attached hydrogens (tertiary/aromatic N) is 1. The Kier molecular flexibility index (Phi) is 4.04. The van der Waals surface area contributed by atoms with Crippen molar-refractivity contribution in [3.05, 3.63) is 30.3 Å². The van der Waals surface area contributed by atoms with Gasteiger partial charge in [-0.1, -0.05) is 32.0 Å². The van der Waals surface area contributed by atoms with E-state index in [1.165, 1.54) is 0 Å². The van der Waals surface area contributed by atoms with Crippen LogP contribution in [0.3, 0.4) is 0 Å². The van der Waals surface area contributed by atoms with E-state index in [1.807, 2.05) is 6.07 Å². The molecule has 2 atom stereocenters. The summed E-state index contributed by atoms with van der Waals surface area (Å²) in [5.41, 5.74) is 0. The molecule has 2 rings (SSSR count). The minimum Gasteiger partial charge on any atom is -0.302 e. The van der Waals surface area contributed by atoms with Crippen molar-refractivity contribution in [2.45, 2.75) is 24.8 Å². The van der Waals surface area contributed by atoms with Crippen molar-refractivity contribution in [1.29, 1.82) is 0 Å². The topological polar surface area (TPSA) is 49.4 Å². The Labute approximate surface area is 109 Å². The molecule has 1 aromatic carbocycles. The highest BCUT2D eigenvalue weighted by atomic mass is 32.2. The maximum Gasteiger partial charge on any atom is 0.240 e. The molecule has 0 amide bonds. The van der Waals surface area contributed by atoms with Gasteiger partial charge in [0.1, 0.15) is 0 Å². The quantitative estimate of drug-likeness (QED) is 0.895. The zero-order valence-electron chi connectivity index (χ0n) is 10.8. The van der Waals surface area contributed by atoms with Crippen molar-refractivity contribution in [3.8, 4) is 0 Å². The molecule has 5 heteroatoms. The first-order chi connectivity index (χ1) is 8.53. The largest absolute Gasteiger partial charge is 0.302 e. The summed E-state index contributed by atoms with van der Waals surface area (Å²) in [5.74, 6) is 0.350. The lowest BCUT2D eigenvalue weighted by Crippen LogP contribution is -2.39. The van der Waals surface area contributed by atoms with E-state index in [2.05, 4.69) is 23.5 Å². The predicted octanol–water partition coefficient (Wildman–Crippen LogP) is 1.31. The molecule has 0 radical (unpaired) electrons. The van der Waals surface area contributed by atoms with Crippen LogP contribution in [0, 0.1) is 5.92 Å². The van der Waals surface area contributed by atoms with Crippen LogP contribution in [0.4, 0.5) is 0 Å². The molecule has 0 bridgehead atoms. The SMILES string of the molecule is CCN1CC(C)C(NS(=O)(=O)c2ccccc2)C1. The molecule has 0 aliphatic carbocycles. The zero-order valence-corrected chi connectivity index (χ0v) is 11.7. The fourth-order valence-corrected chi connectivity index (χ4v) is 3.70. The van der Waals surface area contributed by atoms with Gasteiger partial charge in [-0.2, -0.15) is 0 Å². The average Bonchev–Trinajstić information content (AvgIpc) is 2.71. The second kappa shape index (κ2) is 5.38. The lowest BCUT2D eigenvalue weighted by molar-refractivity contribution is 0.344. The number of sulfonamides is 1. The monoisotopic (exact) mass is 268 g/mol. The summed E-state index contributed by atoms with van der Waals surface area (Å²) in [7, 11) is -3.38. The summed E-state index contributed by atoms with van der Waals surface area (Å²) >= 11 is 0. The Hall–Kier alpha value is -0.910. The summed E-state index contributed by atoms with van der Waals surface area (Å²) < 4.78 is 27.2. The van der Waals surface area contributed by atoms with Gasteiger partial charge in [-0.05, 0) is 24.6 Å². The molecule has 1 aliphatic heterocycles. The third-order valence-electron chi connectivity index (χ3n) is 3.50. The molecule has 100 valence electrons. The van der Waals surface area contributed by atoms with Crippen LogP contribution in [0.5, 0.6) is 0 Å². The molecule has 1 N–H and O–H groups in total. The lowest BCUT2D eigenvalue weighted by Gasteiger charge is -2.16. The van der Waals surface area contributed by atoms with Gasteiger partial charge in [-0.3, -0.25) is 0 Å². The maximum absolute atomic E-state index is 12.2. The molecule has 1 fully saturated rings. The summed E-state index contributed by atoms with van der Waals surface area (Å²) in [6.45, 7) is 6.91. The van der Waals surface area contributed by atoms with E-state index in [-0.39, 0.29) is 6.04 Å². The summed E-state index contributed by atoms with van der Waals surface area (Å²) in [6, 6.07) is 8.56. The summed E-state index contributed by atoms with van der Waals surface area (Å²) in [5, 5.41) is 0. The normalized spacial score (nSPS) is 25.4. The Balaban J connectivity index is 2.10. The van der Waals surface area contributed by atoms with Gasteiger partial charge in [-0.15, -0.1) is 0 Å². The van der Waals surface area contributed by atoms with Crippen molar-refractivity contribution in [2.75, 3.05) is 19.6 Å². The zero-order chi connectivity index (χ0) is 13.2. The van der Waals surface area contributed by atoms with Gasteiger partial charge < -0.3 is 4.90 Å². The Morgan fingerprint density at radius 3 is 2.50 bits per heavy atom. The first-order valence-electron chi connectivity index (χ1n) is 6.32. The first kappa shape index (κ1) is 13.5. The van der Waals surface area contributed by atoms with Gasteiger partial charge in [0.2, 0.25) is 10.0 Å². The third-order valence-corrected chi connectivity index (χ3v) is 5.00. The van der Waals surface area contributed by atoms with E-state index in [9.17, 15) is 8.42 Å². The van der Waals surface area contributed by atoms with Gasteiger partial charge in [0.15, 0.2) is 0 Å².